The maximum Gasteiger partial charge on any atom is 0.227 e. The van der Waals surface area contributed by atoms with Crippen LogP contribution in [0.1, 0.15) is 24.0 Å². The highest BCUT2D eigenvalue weighted by Gasteiger charge is 2.27. The van der Waals surface area contributed by atoms with Gasteiger partial charge in [0.15, 0.2) is 5.82 Å². The number of benzene rings is 2. The number of hydrogen-bond acceptors (Lipinski definition) is 3. The first kappa shape index (κ1) is 18.7. The van der Waals surface area contributed by atoms with Gasteiger partial charge in [-0.25, -0.2) is 4.98 Å². The third-order valence-electron chi connectivity index (χ3n) is 6.37. The average molecular weight is 399 g/mol. The minimum atomic E-state index is 0.0319. The van der Waals surface area contributed by atoms with Crippen molar-refractivity contribution in [3.8, 4) is 0 Å². The number of rotatable bonds is 3. The molecule has 0 unspecified atom stereocenters. The van der Waals surface area contributed by atoms with Crippen molar-refractivity contribution >= 4 is 34.0 Å². The van der Waals surface area contributed by atoms with Crippen LogP contribution in [-0.4, -0.2) is 28.4 Å². The molecule has 152 valence electrons. The fourth-order valence-electron chi connectivity index (χ4n) is 4.41. The lowest BCUT2D eigenvalue weighted by atomic mass is 9.95. The van der Waals surface area contributed by atoms with Crippen molar-refractivity contribution in [1.82, 2.24) is 9.38 Å². The molecule has 2 aromatic carbocycles. The van der Waals surface area contributed by atoms with Crippen molar-refractivity contribution in [2.24, 2.45) is 5.92 Å². The summed E-state index contributed by atoms with van der Waals surface area (Å²) in [7, 11) is 0. The summed E-state index contributed by atoms with van der Waals surface area (Å²) in [5.74, 6) is 1.17. The van der Waals surface area contributed by atoms with Crippen LogP contribution in [0, 0.1) is 19.8 Å². The maximum absolute atomic E-state index is 12.9. The minimum absolute atomic E-state index is 0.0319. The second kappa shape index (κ2) is 7.48. The summed E-state index contributed by atoms with van der Waals surface area (Å²) in [6.45, 7) is 5.79. The molecule has 1 aliphatic rings. The Kier molecular flexibility index (Phi) is 4.66. The normalized spacial score (nSPS) is 15.1. The lowest BCUT2D eigenvalue weighted by Crippen LogP contribution is -2.38. The number of piperidine rings is 1. The number of nitrogens with zero attached hydrogens (tertiary/aromatic N) is 3. The zero-order valence-electron chi connectivity index (χ0n) is 17.4. The highest BCUT2D eigenvalue weighted by atomic mass is 16.1. The van der Waals surface area contributed by atoms with Crippen LogP contribution in [0.15, 0.2) is 60.8 Å². The van der Waals surface area contributed by atoms with Gasteiger partial charge in [0.25, 0.3) is 0 Å². The van der Waals surface area contributed by atoms with Crippen molar-refractivity contribution in [3.63, 3.8) is 0 Å². The first-order chi connectivity index (χ1) is 14.6. The molecule has 1 saturated heterocycles. The van der Waals surface area contributed by atoms with Crippen molar-refractivity contribution in [2.75, 3.05) is 23.3 Å². The van der Waals surface area contributed by atoms with Crippen molar-refractivity contribution in [2.45, 2.75) is 26.7 Å². The van der Waals surface area contributed by atoms with Gasteiger partial charge in [-0.2, -0.15) is 0 Å². The highest BCUT2D eigenvalue weighted by Crippen LogP contribution is 2.29. The van der Waals surface area contributed by atoms with Crippen molar-refractivity contribution < 1.29 is 4.79 Å². The van der Waals surface area contributed by atoms with Crippen LogP contribution in [0.3, 0.4) is 0 Å². The number of carbonyl (C=O) groups is 1. The van der Waals surface area contributed by atoms with E-state index in [2.05, 4.69) is 65.0 Å². The average Bonchev–Trinajstić information content (AvgIpc) is 3.27. The second-order valence-electron chi connectivity index (χ2n) is 8.19. The van der Waals surface area contributed by atoms with E-state index in [1.807, 2.05) is 24.3 Å². The van der Waals surface area contributed by atoms with Crippen LogP contribution in [0.4, 0.5) is 11.5 Å². The molecule has 30 heavy (non-hydrogen) atoms. The quantitative estimate of drug-likeness (QED) is 0.531. The third kappa shape index (κ3) is 3.20. The number of aryl methyl sites for hydroxylation is 1. The van der Waals surface area contributed by atoms with Crippen LogP contribution in [0.25, 0.3) is 16.6 Å². The molecule has 2 aromatic heterocycles. The van der Waals surface area contributed by atoms with E-state index in [1.165, 1.54) is 5.56 Å². The maximum atomic E-state index is 12.9. The first-order valence-corrected chi connectivity index (χ1v) is 10.6. The highest BCUT2D eigenvalue weighted by molar-refractivity contribution is 5.93. The van der Waals surface area contributed by atoms with Gasteiger partial charge in [0.05, 0.1) is 16.6 Å². The molecule has 0 atom stereocenters. The fraction of sp³-hybridized carbons (Fsp3) is 0.280. The minimum Gasteiger partial charge on any atom is -0.355 e. The van der Waals surface area contributed by atoms with E-state index in [0.29, 0.717) is 0 Å². The summed E-state index contributed by atoms with van der Waals surface area (Å²) >= 11 is 0. The van der Waals surface area contributed by atoms with Crippen LogP contribution in [0.2, 0.25) is 0 Å². The Morgan fingerprint density at radius 3 is 2.57 bits per heavy atom. The van der Waals surface area contributed by atoms with E-state index in [4.69, 9.17) is 4.98 Å². The summed E-state index contributed by atoms with van der Waals surface area (Å²) in [6, 6.07) is 18.5. The van der Waals surface area contributed by atoms with E-state index in [9.17, 15) is 4.79 Å². The molecule has 5 nitrogen and oxygen atoms in total. The van der Waals surface area contributed by atoms with Gasteiger partial charge in [-0.1, -0.05) is 24.3 Å². The Labute approximate surface area is 176 Å². The van der Waals surface area contributed by atoms with Gasteiger partial charge in [0, 0.05) is 30.9 Å². The van der Waals surface area contributed by atoms with Gasteiger partial charge in [0.2, 0.25) is 5.91 Å². The molecule has 5 heteroatoms. The van der Waals surface area contributed by atoms with E-state index in [0.717, 1.165) is 59.5 Å². The number of anilines is 2. The zero-order valence-corrected chi connectivity index (χ0v) is 17.4. The first-order valence-electron chi connectivity index (χ1n) is 10.6. The molecule has 1 N–H and O–H groups in total. The number of aromatic nitrogens is 2. The van der Waals surface area contributed by atoms with Crippen molar-refractivity contribution in [1.29, 1.82) is 0 Å². The standard InChI is InChI=1S/C25H26N4O/c1-17-7-5-9-20(18(17)2)27-25(30)19-12-15-28(16-13-19)24-23-11-6-14-29(23)22-10-4-3-8-21(22)26-24/h3-11,14,19H,12-13,15-16H2,1-2H3,(H,27,30). The number of amides is 1. The molecular formula is C25H26N4O. The Hall–Kier alpha value is -3.34. The predicted molar refractivity (Wildman–Crippen MR) is 122 cm³/mol. The zero-order chi connectivity index (χ0) is 20.7. The van der Waals surface area contributed by atoms with Gasteiger partial charge in [-0.05, 0) is 68.1 Å². The third-order valence-corrected chi connectivity index (χ3v) is 6.37. The number of nitrogens with one attached hydrogen (secondary N) is 1. The largest absolute Gasteiger partial charge is 0.355 e. The van der Waals surface area contributed by atoms with Gasteiger partial charge in [-0.3, -0.25) is 4.79 Å². The summed E-state index contributed by atoms with van der Waals surface area (Å²) in [4.78, 5) is 20.2. The molecule has 0 saturated carbocycles. The van der Waals surface area contributed by atoms with Gasteiger partial charge < -0.3 is 14.6 Å². The van der Waals surface area contributed by atoms with Crippen LogP contribution in [0.5, 0.6) is 0 Å². The summed E-state index contributed by atoms with van der Waals surface area (Å²) in [5, 5.41) is 3.15. The van der Waals surface area contributed by atoms with Crippen molar-refractivity contribution in [3.05, 3.63) is 71.9 Å². The van der Waals surface area contributed by atoms with E-state index in [1.54, 1.807) is 0 Å². The molecule has 1 aliphatic heterocycles. The van der Waals surface area contributed by atoms with Crippen LogP contribution >= 0.6 is 0 Å². The van der Waals surface area contributed by atoms with E-state index in [-0.39, 0.29) is 11.8 Å². The molecule has 0 spiro atoms. The topological polar surface area (TPSA) is 49.6 Å². The molecule has 1 amide bonds. The molecule has 0 bridgehead atoms. The number of para-hydroxylation sites is 2. The van der Waals surface area contributed by atoms with Gasteiger partial charge >= 0.3 is 0 Å². The molecule has 0 aliphatic carbocycles. The molecule has 5 rings (SSSR count). The summed E-state index contributed by atoms with van der Waals surface area (Å²) in [5.41, 5.74) is 6.48. The number of carbonyl (C=O) groups excluding carboxylic acids is 1. The second-order valence-corrected chi connectivity index (χ2v) is 8.19. The van der Waals surface area contributed by atoms with E-state index < -0.39 is 0 Å². The number of hydrogen-bond donors (Lipinski definition) is 1. The molecule has 3 heterocycles. The molecule has 1 fully saturated rings. The monoisotopic (exact) mass is 398 g/mol. The SMILES string of the molecule is Cc1cccc(NC(=O)C2CCN(c3nc4ccccc4n4cccc34)CC2)c1C. The Morgan fingerprint density at radius 1 is 0.967 bits per heavy atom. The Morgan fingerprint density at radius 2 is 1.73 bits per heavy atom. The molecule has 4 aromatic rings. The smallest absolute Gasteiger partial charge is 0.227 e. The summed E-state index contributed by atoms with van der Waals surface area (Å²) in [6.07, 6.45) is 3.75. The lowest BCUT2D eigenvalue weighted by Gasteiger charge is -2.33. The van der Waals surface area contributed by atoms with Crippen LogP contribution in [-0.2, 0) is 4.79 Å². The predicted octanol–water partition coefficient (Wildman–Crippen LogP) is 4.96. The fourth-order valence-corrected chi connectivity index (χ4v) is 4.41. The van der Waals surface area contributed by atoms with Gasteiger partial charge in [-0.15, -0.1) is 0 Å². The molecular weight excluding hydrogens is 372 g/mol. The summed E-state index contributed by atoms with van der Waals surface area (Å²) < 4.78 is 2.21. The van der Waals surface area contributed by atoms with E-state index >= 15 is 0 Å². The lowest BCUT2D eigenvalue weighted by molar-refractivity contribution is -0.120. The van der Waals surface area contributed by atoms with Crippen LogP contribution < -0.4 is 10.2 Å². The Bertz CT molecular complexity index is 1230. The van der Waals surface area contributed by atoms with Gasteiger partial charge in [0.1, 0.15) is 0 Å². The molecule has 0 radical (unpaired) electrons. The Balaban J connectivity index is 1.34. The number of fused-ring (bicyclic) bond motifs is 3.